The molecule has 9 unspecified atom stereocenters. The van der Waals surface area contributed by atoms with Gasteiger partial charge in [-0.2, -0.15) is 0 Å². The van der Waals surface area contributed by atoms with Gasteiger partial charge in [0.25, 0.3) is 0 Å². The van der Waals surface area contributed by atoms with Crippen LogP contribution in [-0.4, -0.2) is 63.2 Å². The largest absolute Gasteiger partial charge is 0.405 e. The quantitative estimate of drug-likeness (QED) is 0.368. The van der Waals surface area contributed by atoms with Gasteiger partial charge in [-0.3, -0.25) is 15.6 Å². The van der Waals surface area contributed by atoms with Crippen LogP contribution in [0.15, 0.2) is 0 Å². The molecule has 3 rings (SSSR count). The van der Waals surface area contributed by atoms with E-state index in [1.807, 2.05) is 20.8 Å². The molecule has 0 amide bonds. The van der Waals surface area contributed by atoms with Crippen LogP contribution in [0, 0.1) is 12.3 Å². The van der Waals surface area contributed by atoms with Gasteiger partial charge in [0.2, 0.25) is 0 Å². The van der Waals surface area contributed by atoms with Crippen LogP contribution >= 0.6 is 15.2 Å². The van der Waals surface area contributed by atoms with Crippen molar-refractivity contribution in [3.05, 3.63) is 6.42 Å². The Kier molecular flexibility index (Phi) is 9.85. The van der Waals surface area contributed by atoms with Gasteiger partial charge in [-0.1, -0.05) is 27.4 Å². The van der Waals surface area contributed by atoms with Crippen molar-refractivity contribution < 1.29 is 69.4 Å². The molecule has 3 aliphatic rings. The second-order valence-corrected chi connectivity index (χ2v) is 11.1. The predicted octanol–water partition coefficient (Wildman–Crippen LogP) is 3.50. The molecule has 3 saturated heterocycles. The summed E-state index contributed by atoms with van der Waals surface area (Å²) in [5.41, 5.74) is 0. The van der Waals surface area contributed by atoms with E-state index in [1.54, 1.807) is 6.42 Å². The molecule has 0 N–H and O–H groups in total. The minimum absolute atomic E-state index is 0. The van der Waals surface area contributed by atoms with Gasteiger partial charge in [0.1, 0.15) is 12.2 Å². The van der Waals surface area contributed by atoms with Crippen molar-refractivity contribution in [3.63, 3.8) is 0 Å². The van der Waals surface area contributed by atoms with Gasteiger partial charge in [-0.15, -0.1) is 0 Å². The Labute approximate surface area is 187 Å². The van der Waals surface area contributed by atoms with Gasteiger partial charge in [0.05, 0.1) is 25.4 Å². The molecule has 0 spiro atoms. The summed E-state index contributed by atoms with van der Waals surface area (Å²) >= 11 is 0. The van der Waals surface area contributed by atoms with E-state index >= 15 is 0 Å². The first-order valence-corrected chi connectivity index (χ1v) is 12.5. The van der Waals surface area contributed by atoms with Crippen molar-refractivity contribution in [2.75, 3.05) is 26.5 Å². The Hall–Kier alpha value is 1.32. The van der Waals surface area contributed by atoms with Crippen LogP contribution in [0.5, 0.6) is 0 Å². The molecule has 0 bridgehead atoms. The Bertz CT molecular complexity index is 591. The maximum Gasteiger partial charge on any atom is 0.328 e. The average Bonchev–Trinajstić information content (AvgIpc) is 2.96. The van der Waals surface area contributed by atoms with E-state index in [2.05, 4.69) is 0 Å². The molecule has 0 aromatic carbocycles. The summed E-state index contributed by atoms with van der Waals surface area (Å²) in [7, 11) is -6.65. The summed E-state index contributed by atoms with van der Waals surface area (Å²) in [6.45, 7) is 8.62. The van der Waals surface area contributed by atoms with Crippen molar-refractivity contribution in [2.45, 2.75) is 64.8 Å². The van der Waals surface area contributed by atoms with E-state index < -0.39 is 39.6 Å². The van der Waals surface area contributed by atoms with Crippen molar-refractivity contribution >= 4 is 15.2 Å². The third-order valence-electron chi connectivity index (χ3n) is 4.80. The van der Waals surface area contributed by atoms with Crippen LogP contribution in [0.2, 0.25) is 0 Å². The number of hydrogen-bond donors (Lipinski definition) is 0. The summed E-state index contributed by atoms with van der Waals surface area (Å²) in [5.74, 6) is -0.00518. The standard InChI is InChI=1S/C15H27O8P2.CH4.Y/c1-9-6-12-13(20-9)7-18-25(5,17)23-15-10(2)11(3)21-14(15)8-19-24(4,16)22-12;;/h6,9-15H,7-8H2,1-5H3;1H4;/q-1;;. The Morgan fingerprint density at radius 2 is 1.44 bits per heavy atom. The van der Waals surface area contributed by atoms with E-state index in [0.29, 0.717) is 0 Å². The van der Waals surface area contributed by atoms with Crippen molar-refractivity contribution in [2.24, 2.45) is 5.92 Å². The minimum atomic E-state index is -3.33. The molecule has 1 radical (unpaired) electrons. The first-order valence-electron chi connectivity index (χ1n) is 8.53. The smallest absolute Gasteiger partial charge is 0.328 e. The molecule has 3 aliphatic heterocycles. The van der Waals surface area contributed by atoms with E-state index in [4.69, 9.17) is 27.6 Å². The molecular formula is C16H31O8P2Y-. The summed E-state index contributed by atoms with van der Waals surface area (Å²) in [5, 5.41) is 0. The molecular weight excluding hydrogens is 471 g/mol. The van der Waals surface area contributed by atoms with Crippen LogP contribution in [0.1, 0.15) is 28.2 Å². The zero-order valence-corrected chi connectivity index (χ0v) is 20.4. The number of fused-ring (bicyclic) bond motifs is 2. The van der Waals surface area contributed by atoms with Gasteiger partial charge in [-0.05, 0) is 13.0 Å². The Morgan fingerprint density at radius 1 is 0.889 bits per heavy atom. The SMILES string of the molecule is C.CC1[CH-]C2OP(C)(=O)OCC3OC(C)C(C)C3OP(C)(=O)OCC2O1.[Y]. The predicted molar refractivity (Wildman–Crippen MR) is 97.6 cm³/mol. The first-order chi connectivity index (χ1) is 11.6. The second kappa shape index (κ2) is 10.1. The maximum absolute atomic E-state index is 12.8. The molecule has 9 atom stereocenters. The normalized spacial score (nSPS) is 50.9. The average molecular weight is 502 g/mol. The zero-order chi connectivity index (χ0) is 18.4. The second-order valence-electron chi connectivity index (χ2n) is 7.09. The Balaban J connectivity index is 0.00000182. The fourth-order valence-electron chi connectivity index (χ4n) is 3.33. The van der Waals surface area contributed by atoms with Gasteiger partial charge >= 0.3 is 15.2 Å². The summed E-state index contributed by atoms with van der Waals surface area (Å²) in [6, 6.07) is 0. The monoisotopic (exact) mass is 502 g/mol. The summed E-state index contributed by atoms with van der Waals surface area (Å²) in [6.07, 6.45) is -0.548. The van der Waals surface area contributed by atoms with Crippen LogP contribution in [0.3, 0.4) is 0 Å². The molecule has 0 saturated carbocycles. The van der Waals surface area contributed by atoms with Crippen LogP contribution in [-0.2, 0) is 69.4 Å². The summed E-state index contributed by atoms with van der Waals surface area (Å²) < 4.78 is 59.5. The van der Waals surface area contributed by atoms with Crippen LogP contribution in [0.25, 0.3) is 0 Å². The number of ether oxygens (including phenoxy) is 2. The molecule has 27 heavy (non-hydrogen) atoms. The zero-order valence-electron chi connectivity index (χ0n) is 15.8. The summed E-state index contributed by atoms with van der Waals surface area (Å²) in [4.78, 5) is 0. The first kappa shape index (κ1) is 26.4. The van der Waals surface area contributed by atoms with Gasteiger partial charge in [-0.25, -0.2) is 0 Å². The van der Waals surface area contributed by atoms with Gasteiger partial charge in [0.15, 0.2) is 0 Å². The third-order valence-corrected chi connectivity index (χ3v) is 7.29. The van der Waals surface area contributed by atoms with Gasteiger partial charge in [0, 0.05) is 52.0 Å². The molecule has 11 heteroatoms. The minimum Gasteiger partial charge on any atom is -0.405 e. The maximum atomic E-state index is 12.8. The fourth-order valence-corrected chi connectivity index (χ4v) is 5.70. The molecule has 3 heterocycles. The molecule has 157 valence electrons. The van der Waals surface area contributed by atoms with Crippen LogP contribution < -0.4 is 0 Å². The third kappa shape index (κ3) is 6.65. The van der Waals surface area contributed by atoms with E-state index in [9.17, 15) is 9.13 Å². The molecule has 0 aromatic heterocycles. The van der Waals surface area contributed by atoms with Crippen molar-refractivity contribution in [1.82, 2.24) is 0 Å². The van der Waals surface area contributed by atoms with Crippen molar-refractivity contribution in [1.29, 1.82) is 0 Å². The van der Waals surface area contributed by atoms with Gasteiger partial charge < -0.3 is 27.6 Å². The molecule has 3 fully saturated rings. The Morgan fingerprint density at radius 3 is 2.07 bits per heavy atom. The number of hydrogen-bond acceptors (Lipinski definition) is 8. The molecule has 0 aliphatic carbocycles. The molecule has 8 nitrogen and oxygen atoms in total. The number of rotatable bonds is 0. The van der Waals surface area contributed by atoms with E-state index in [-0.39, 0.29) is 71.5 Å². The van der Waals surface area contributed by atoms with E-state index in [0.717, 1.165) is 0 Å². The topological polar surface area (TPSA) is 89.5 Å². The van der Waals surface area contributed by atoms with Crippen LogP contribution in [0.4, 0.5) is 0 Å². The molecule has 0 aromatic rings. The fraction of sp³-hybridized carbons (Fsp3) is 0.938. The van der Waals surface area contributed by atoms with Crippen molar-refractivity contribution in [3.8, 4) is 0 Å². The van der Waals surface area contributed by atoms with E-state index in [1.165, 1.54) is 13.3 Å².